The molecular weight excluding hydrogens is 508 g/mol. The summed E-state index contributed by atoms with van der Waals surface area (Å²) in [5.74, 6) is 0.794. The second-order valence-electron chi connectivity index (χ2n) is 9.68. The zero-order chi connectivity index (χ0) is 28.4. The van der Waals surface area contributed by atoms with Crippen LogP contribution in [0.2, 0.25) is 0 Å². The summed E-state index contributed by atoms with van der Waals surface area (Å²) in [6, 6.07) is 18.5. The van der Waals surface area contributed by atoms with Crippen molar-refractivity contribution in [3.8, 4) is 29.1 Å². The van der Waals surface area contributed by atoms with Gasteiger partial charge in [-0.3, -0.25) is 0 Å². The SMILES string of the molecule is CCCCOc1ccc(C2C(C#N)=C(N)Oc3cc(OC(=O)c4oc5ccc(C)cc5c4C)ccc32)cc1OC. The van der Waals surface area contributed by atoms with Crippen LogP contribution < -0.4 is 24.7 Å². The van der Waals surface area contributed by atoms with Crippen LogP contribution in [0, 0.1) is 25.2 Å². The van der Waals surface area contributed by atoms with E-state index in [0.29, 0.717) is 40.6 Å². The summed E-state index contributed by atoms with van der Waals surface area (Å²) >= 11 is 0. The molecule has 0 saturated carbocycles. The first kappa shape index (κ1) is 26.7. The van der Waals surface area contributed by atoms with Crippen LogP contribution in [-0.4, -0.2) is 19.7 Å². The van der Waals surface area contributed by atoms with E-state index in [9.17, 15) is 10.1 Å². The molecule has 0 bridgehead atoms. The molecule has 1 aliphatic heterocycles. The number of furan rings is 1. The largest absolute Gasteiger partial charge is 0.493 e. The lowest BCUT2D eigenvalue weighted by atomic mass is 9.83. The molecule has 0 amide bonds. The number of fused-ring (bicyclic) bond motifs is 2. The molecule has 3 aromatic carbocycles. The third-order valence-corrected chi connectivity index (χ3v) is 6.95. The average molecular weight is 539 g/mol. The second-order valence-corrected chi connectivity index (χ2v) is 9.68. The zero-order valence-corrected chi connectivity index (χ0v) is 22.9. The molecule has 2 heterocycles. The number of nitrogens with zero attached hydrogens (tertiary/aromatic N) is 1. The second kappa shape index (κ2) is 11.1. The van der Waals surface area contributed by atoms with Crippen molar-refractivity contribution < 1.29 is 28.2 Å². The molecule has 0 spiro atoms. The van der Waals surface area contributed by atoms with Gasteiger partial charge >= 0.3 is 5.97 Å². The number of ether oxygens (including phenoxy) is 4. The molecule has 0 fully saturated rings. The minimum Gasteiger partial charge on any atom is -0.493 e. The summed E-state index contributed by atoms with van der Waals surface area (Å²) in [4.78, 5) is 13.0. The Morgan fingerprint density at radius 1 is 1.07 bits per heavy atom. The van der Waals surface area contributed by atoms with Crippen LogP contribution in [-0.2, 0) is 0 Å². The number of esters is 1. The fourth-order valence-corrected chi connectivity index (χ4v) is 4.83. The number of carbonyl (C=O) groups is 1. The van der Waals surface area contributed by atoms with E-state index < -0.39 is 11.9 Å². The third-order valence-electron chi connectivity index (χ3n) is 6.95. The standard InChI is InChI=1S/C32H30N2O6/c1-5-6-13-37-26-12-8-20(15-28(26)36-4)29-22-10-9-21(16-27(22)40-31(34)24(29)17-33)38-32(35)30-19(3)23-14-18(2)7-11-25(23)39-30/h7-12,14-16,29H,5-6,13,34H2,1-4H3. The van der Waals surface area contributed by atoms with E-state index >= 15 is 0 Å². The molecule has 8 nitrogen and oxygen atoms in total. The van der Waals surface area contributed by atoms with Gasteiger partial charge in [0, 0.05) is 22.6 Å². The molecule has 4 aromatic rings. The van der Waals surface area contributed by atoms with Gasteiger partial charge in [-0.05, 0) is 56.2 Å². The van der Waals surface area contributed by atoms with E-state index in [4.69, 9.17) is 29.1 Å². The van der Waals surface area contributed by atoms with E-state index in [2.05, 4.69) is 13.0 Å². The highest BCUT2D eigenvalue weighted by atomic mass is 16.5. The Bertz CT molecular complexity index is 1680. The summed E-state index contributed by atoms with van der Waals surface area (Å²) in [6.45, 7) is 6.48. The number of carbonyl (C=O) groups excluding carboxylic acids is 1. The lowest BCUT2D eigenvalue weighted by Gasteiger charge is -2.27. The van der Waals surface area contributed by atoms with E-state index in [0.717, 1.165) is 29.4 Å². The third kappa shape index (κ3) is 4.94. The molecule has 0 radical (unpaired) electrons. The van der Waals surface area contributed by atoms with Gasteiger partial charge in [0.1, 0.15) is 28.7 Å². The molecule has 1 aliphatic rings. The Hall–Kier alpha value is -4.90. The quantitative estimate of drug-likeness (QED) is 0.150. The topological polar surface area (TPSA) is 117 Å². The van der Waals surface area contributed by atoms with Gasteiger partial charge in [-0.2, -0.15) is 5.26 Å². The lowest BCUT2D eigenvalue weighted by Crippen LogP contribution is -2.21. The molecule has 1 atom stereocenters. The van der Waals surface area contributed by atoms with Crippen molar-refractivity contribution in [1.29, 1.82) is 5.26 Å². The van der Waals surface area contributed by atoms with Crippen LogP contribution in [0.25, 0.3) is 11.0 Å². The smallest absolute Gasteiger partial charge is 0.379 e. The number of hydrogen-bond donors (Lipinski definition) is 1. The summed E-state index contributed by atoms with van der Waals surface area (Å²) in [5.41, 5.74) is 10.3. The van der Waals surface area contributed by atoms with Crippen LogP contribution in [0.5, 0.6) is 23.0 Å². The number of nitriles is 1. The minimum atomic E-state index is -0.622. The van der Waals surface area contributed by atoms with Crippen LogP contribution in [0.3, 0.4) is 0 Å². The Morgan fingerprint density at radius 2 is 1.90 bits per heavy atom. The molecule has 40 heavy (non-hydrogen) atoms. The van der Waals surface area contributed by atoms with E-state index in [1.165, 1.54) is 0 Å². The number of benzene rings is 3. The average Bonchev–Trinajstić information content (AvgIpc) is 3.28. The highest BCUT2D eigenvalue weighted by Crippen LogP contribution is 2.45. The number of allylic oxidation sites excluding steroid dienone is 1. The van der Waals surface area contributed by atoms with Crippen molar-refractivity contribution in [2.24, 2.45) is 5.73 Å². The maximum absolute atomic E-state index is 13.0. The maximum atomic E-state index is 13.0. The normalized spacial score (nSPS) is 14.3. The van der Waals surface area contributed by atoms with Crippen molar-refractivity contribution in [1.82, 2.24) is 0 Å². The number of rotatable bonds is 8. The summed E-state index contributed by atoms with van der Waals surface area (Å²) < 4.78 is 28.7. The molecule has 5 rings (SSSR count). The fourth-order valence-electron chi connectivity index (χ4n) is 4.83. The first-order chi connectivity index (χ1) is 19.3. The maximum Gasteiger partial charge on any atom is 0.379 e. The van der Waals surface area contributed by atoms with Crippen molar-refractivity contribution in [2.75, 3.05) is 13.7 Å². The van der Waals surface area contributed by atoms with Crippen molar-refractivity contribution >= 4 is 16.9 Å². The van der Waals surface area contributed by atoms with Crippen LogP contribution in [0.4, 0.5) is 0 Å². The Kier molecular flexibility index (Phi) is 7.39. The zero-order valence-electron chi connectivity index (χ0n) is 22.9. The number of hydrogen-bond acceptors (Lipinski definition) is 8. The highest BCUT2D eigenvalue weighted by molar-refractivity contribution is 5.97. The minimum absolute atomic E-state index is 0.0192. The van der Waals surface area contributed by atoms with Gasteiger partial charge in [0.25, 0.3) is 0 Å². The van der Waals surface area contributed by atoms with Gasteiger partial charge in [0.05, 0.1) is 19.6 Å². The molecular formula is C32H30N2O6. The summed E-state index contributed by atoms with van der Waals surface area (Å²) in [5, 5.41) is 10.8. The van der Waals surface area contributed by atoms with Gasteiger partial charge in [-0.25, -0.2) is 4.79 Å². The molecule has 1 unspecified atom stereocenters. The lowest BCUT2D eigenvalue weighted by molar-refractivity contribution is 0.0702. The van der Waals surface area contributed by atoms with Crippen LogP contribution in [0.1, 0.15) is 58.5 Å². The van der Waals surface area contributed by atoms with Crippen molar-refractivity contribution in [3.63, 3.8) is 0 Å². The molecule has 0 aliphatic carbocycles. The Labute approximate surface area is 232 Å². The van der Waals surface area contributed by atoms with Gasteiger partial charge in [0.2, 0.25) is 11.6 Å². The molecule has 204 valence electrons. The van der Waals surface area contributed by atoms with Gasteiger partial charge in [-0.15, -0.1) is 0 Å². The monoisotopic (exact) mass is 538 g/mol. The summed E-state index contributed by atoms with van der Waals surface area (Å²) in [6.07, 6.45) is 1.95. The molecule has 0 saturated heterocycles. The number of unbranched alkanes of at least 4 members (excludes halogenated alkanes) is 1. The Morgan fingerprint density at radius 3 is 2.65 bits per heavy atom. The first-order valence-corrected chi connectivity index (χ1v) is 13.1. The predicted octanol–water partition coefficient (Wildman–Crippen LogP) is 6.67. The van der Waals surface area contributed by atoms with Crippen LogP contribution >= 0.6 is 0 Å². The van der Waals surface area contributed by atoms with Gasteiger partial charge < -0.3 is 29.1 Å². The van der Waals surface area contributed by atoms with E-state index in [1.54, 1.807) is 25.3 Å². The van der Waals surface area contributed by atoms with Gasteiger partial charge in [-0.1, -0.05) is 37.1 Å². The van der Waals surface area contributed by atoms with Crippen molar-refractivity contribution in [2.45, 2.75) is 39.5 Å². The first-order valence-electron chi connectivity index (χ1n) is 13.1. The van der Waals surface area contributed by atoms with E-state index in [-0.39, 0.29) is 23.0 Å². The number of aryl methyl sites for hydroxylation is 2. The van der Waals surface area contributed by atoms with Crippen LogP contribution in [0.15, 0.2) is 70.5 Å². The fraction of sp³-hybridized carbons (Fsp3) is 0.250. The molecule has 8 heteroatoms. The van der Waals surface area contributed by atoms with Gasteiger partial charge in [0.15, 0.2) is 11.5 Å². The van der Waals surface area contributed by atoms with E-state index in [1.807, 2.05) is 50.2 Å². The number of nitrogens with two attached hydrogens (primary N) is 1. The summed E-state index contributed by atoms with van der Waals surface area (Å²) in [7, 11) is 1.57. The molecule has 1 aromatic heterocycles. The highest BCUT2D eigenvalue weighted by Gasteiger charge is 2.32. The molecule has 2 N–H and O–H groups in total. The number of methoxy groups -OCH3 is 1. The predicted molar refractivity (Wildman–Crippen MR) is 150 cm³/mol. The van der Waals surface area contributed by atoms with Crippen molar-refractivity contribution in [3.05, 3.63) is 94.1 Å². The Balaban J connectivity index is 1.46.